The Labute approximate surface area is 163 Å². The summed E-state index contributed by atoms with van der Waals surface area (Å²) in [5.41, 5.74) is 2.51. The van der Waals surface area contributed by atoms with E-state index in [2.05, 4.69) is 41.5 Å². The zero-order chi connectivity index (χ0) is 19.1. The molecule has 0 aliphatic heterocycles. The van der Waals surface area contributed by atoms with Crippen molar-refractivity contribution in [1.82, 2.24) is 10.3 Å². The molecule has 0 aliphatic rings. The van der Waals surface area contributed by atoms with Crippen LogP contribution in [0.5, 0.6) is 11.5 Å². The SMILES string of the molecule is COc1ccccc1OCC(=O)NCc1ncc(Cc2ccc(C)cc2)s1. The van der Waals surface area contributed by atoms with Gasteiger partial charge in [0.15, 0.2) is 18.1 Å². The molecule has 0 spiro atoms. The third kappa shape index (κ3) is 5.56. The van der Waals surface area contributed by atoms with Crippen LogP contribution in [0.1, 0.15) is 21.0 Å². The number of rotatable bonds is 8. The lowest BCUT2D eigenvalue weighted by molar-refractivity contribution is -0.123. The summed E-state index contributed by atoms with van der Waals surface area (Å²) in [6.45, 7) is 2.41. The van der Waals surface area contributed by atoms with E-state index in [1.165, 1.54) is 16.0 Å². The fourth-order valence-electron chi connectivity index (χ4n) is 2.53. The number of aryl methyl sites for hydroxylation is 1. The summed E-state index contributed by atoms with van der Waals surface area (Å²) in [4.78, 5) is 17.6. The molecular formula is C21H22N2O3S. The summed E-state index contributed by atoms with van der Waals surface area (Å²) in [7, 11) is 1.57. The van der Waals surface area contributed by atoms with Crippen molar-refractivity contribution in [3.63, 3.8) is 0 Å². The van der Waals surface area contributed by atoms with Crippen LogP contribution in [0.15, 0.2) is 54.7 Å². The van der Waals surface area contributed by atoms with Gasteiger partial charge in [0.05, 0.1) is 13.7 Å². The molecule has 0 aliphatic carbocycles. The van der Waals surface area contributed by atoms with Gasteiger partial charge in [-0.2, -0.15) is 0 Å². The van der Waals surface area contributed by atoms with E-state index in [0.717, 1.165) is 11.4 Å². The van der Waals surface area contributed by atoms with Crippen LogP contribution in [-0.4, -0.2) is 24.6 Å². The van der Waals surface area contributed by atoms with E-state index in [4.69, 9.17) is 9.47 Å². The zero-order valence-electron chi connectivity index (χ0n) is 15.4. The van der Waals surface area contributed by atoms with Crippen molar-refractivity contribution in [2.75, 3.05) is 13.7 Å². The second-order valence-corrected chi connectivity index (χ2v) is 7.30. The second-order valence-electron chi connectivity index (χ2n) is 6.10. The van der Waals surface area contributed by atoms with Crippen molar-refractivity contribution < 1.29 is 14.3 Å². The maximum absolute atomic E-state index is 12.0. The van der Waals surface area contributed by atoms with Crippen LogP contribution in [0, 0.1) is 6.92 Å². The van der Waals surface area contributed by atoms with Crippen molar-refractivity contribution in [3.05, 3.63) is 75.7 Å². The first-order valence-corrected chi connectivity index (χ1v) is 9.47. The van der Waals surface area contributed by atoms with Crippen LogP contribution in [0.3, 0.4) is 0 Å². The highest BCUT2D eigenvalue weighted by atomic mass is 32.1. The molecule has 1 amide bonds. The average molecular weight is 382 g/mol. The van der Waals surface area contributed by atoms with Crippen LogP contribution < -0.4 is 14.8 Å². The predicted octanol–water partition coefficient (Wildman–Crippen LogP) is 3.75. The molecule has 2 aromatic carbocycles. The lowest BCUT2D eigenvalue weighted by Crippen LogP contribution is -2.28. The average Bonchev–Trinajstić information content (AvgIpc) is 3.14. The summed E-state index contributed by atoms with van der Waals surface area (Å²) in [6, 6.07) is 15.7. The summed E-state index contributed by atoms with van der Waals surface area (Å²) >= 11 is 1.61. The molecule has 0 saturated carbocycles. The first-order valence-electron chi connectivity index (χ1n) is 8.65. The number of methoxy groups -OCH3 is 1. The minimum Gasteiger partial charge on any atom is -0.493 e. The van der Waals surface area contributed by atoms with Gasteiger partial charge in [-0.3, -0.25) is 4.79 Å². The summed E-state index contributed by atoms with van der Waals surface area (Å²) < 4.78 is 10.7. The van der Waals surface area contributed by atoms with Crippen molar-refractivity contribution in [2.24, 2.45) is 0 Å². The fourth-order valence-corrected chi connectivity index (χ4v) is 3.42. The molecular weight excluding hydrogens is 360 g/mol. The molecule has 0 fully saturated rings. The van der Waals surface area contributed by atoms with E-state index >= 15 is 0 Å². The topological polar surface area (TPSA) is 60.5 Å². The van der Waals surface area contributed by atoms with Crippen molar-refractivity contribution >= 4 is 17.2 Å². The van der Waals surface area contributed by atoms with Gasteiger partial charge in [-0.15, -0.1) is 11.3 Å². The Morgan fingerprint density at radius 1 is 1.11 bits per heavy atom. The standard InChI is InChI=1S/C21H22N2O3S/c1-15-7-9-16(10-8-15)11-17-12-23-21(27-17)13-22-20(24)14-26-19-6-4-3-5-18(19)25-2/h3-10,12H,11,13-14H2,1-2H3,(H,22,24). The van der Waals surface area contributed by atoms with Gasteiger partial charge in [-0.25, -0.2) is 4.98 Å². The third-order valence-electron chi connectivity index (χ3n) is 3.97. The van der Waals surface area contributed by atoms with E-state index in [-0.39, 0.29) is 12.5 Å². The number of benzene rings is 2. The molecule has 140 valence electrons. The van der Waals surface area contributed by atoms with E-state index in [1.54, 1.807) is 30.6 Å². The number of para-hydroxylation sites is 2. The van der Waals surface area contributed by atoms with Gasteiger partial charge in [0, 0.05) is 17.5 Å². The van der Waals surface area contributed by atoms with Crippen LogP contribution in [-0.2, 0) is 17.8 Å². The molecule has 1 heterocycles. The molecule has 0 atom stereocenters. The molecule has 1 N–H and O–H groups in total. The molecule has 27 heavy (non-hydrogen) atoms. The summed E-state index contributed by atoms with van der Waals surface area (Å²) in [5.74, 6) is 0.951. The smallest absolute Gasteiger partial charge is 0.258 e. The quantitative estimate of drug-likeness (QED) is 0.645. The van der Waals surface area contributed by atoms with Gasteiger partial charge in [0.2, 0.25) is 0 Å². The van der Waals surface area contributed by atoms with E-state index in [9.17, 15) is 4.79 Å². The van der Waals surface area contributed by atoms with Crippen LogP contribution >= 0.6 is 11.3 Å². The first-order chi connectivity index (χ1) is 13.1. The van der Waals surface area contributed by atoms with Gasteiger partial charge in [0.25, 0.3) is 5.91 Å². The van der Waals surface area contributed by atoms with Gasteiger partial charge in [-0.1, -0.05) is 42.0 Å². The number of nitrogens with zero attached hydrogens (tertiary/aromatic N) is 1. The monoisotopic (exact) mass is 382 g/mol. The van der Waals surface area contributed by atoms with Crippen LogP contribution in [0.2, 0.25) is 0 Å². The number of hydrogen-bond acceptors (Lipinski definition) is 5. The lowest BCUT2D eigenvalue weighted by atomic mass is 10.1. The Hall–Kier alpha value is -2.86. The fraction of sp³-hybridized carbons (Fsp3) is 0.238. The number of aromatic nitrogens is 1. The number of nitrogens with one attached hydrogen (secondary N) is 1. The molecule has 0 unspecified atom stereocenters. The molecule has 3 aromatic rings. The van der Waals surface area contributed by atoms with Gasteiger partial charge < -0.3 is 14.8 Å². The van der Waals surface area contributed by atoms with E-state index < -0.39 is 0 Å². The Morgan fingerprint density at radius 2 is 1.85 bits per heavy atom. The normalized spacial score (nSPS) is 10.4. The molecule has 0 bridgehead atoms. The molecule has 6 heteroatoms. The first kappa shape index (κ1) is 18.9. The number of ether oxygens (including phenoxy) is 2. The second kappa shape index (κ2) is 9.19. The van der Waals surface area contributed by atoms with E-state index in [0.29, 0.717) is 18.0 Å². The molecule has 3 rings (SSSR count). The molecule has 1 aromatic heterocycles. The van der Waals surface area contributed by atoms with Crippen molar-refractivity contribution in [2.45, 2.75) is 19.9 Å². The summed E-state index contributed by atoms with van der Waals surface area (Å²) in [6.07, 6.45) is 2.72. The lowest BCUT2D eigenvalue weighted by Gasteiger charge is -2.10. The maximum Gasteiger partial charge on any atom is 0.258 e. The predicted molar refractivity (Wildman–Crippen MR) is 106 cm³/mol. The highest BCUT2D eigenvalue weighted by Gasteiger charge is 2.08. The molecule has 0 saturated heterocycles. The third-order valence-corrected chi connectivity index (χ3v) is 4.96. The minimum atomic E-state index is -0.198. The van der Waals surface area contributed by atoms with Crippen molar-refractivity contribution in [1.29, 1.82) is 0 Å². The Bertz CT molecular complexity index is 890. The number of amides is 1. The molecule has 5 nitrogen and oxygen atoms in total. The minimum absolute atomic E-state index is 0.0675. The van der Waals surface area contributed by atoms with Gasteiger partial charge >= 0.3 is 0 Å². The van der Waals surface area contributed by atoms with Crippen molar-refractivity contribution in [3.8, 4) is 11.5 Å². The summed E-state index contributed by atoms with van der Waals surface area (Å²) in [5, 5.41) is 3.71. The Kier molecular flexibility index (Phi) is 6.44. The van der Waals surface area contributed by atoms with Crippen LogP contribution in [0.4, 0.5) is 0 Å². The number of hydrogen-bond donors (Lipinski definition) is 1. The number of thiazole rings is 1. The number of carbonyl (C=O) groups excluding carboxylic acids is 1. The largest absolute Gasteiger partial charge is 0.493 e. The number of carbonyl (C=O) groups is 1. The van der Waals surface area contributed by atoms with Crippen LogP contribution in [0.25, 0.3) is 0 Å². The highest BCUT2D eigenvalue weighted by Crippen LogP contribution is 2.25. The van der Waals surface area contributed by atoms with Gasteiger partial charge in [0.1, 0.15) is 5.01 Å². The maximum atomic E-state index is 12.0. The van der Waals surface area contributed by atoms with Gasteiger partial charge in [-0.05, 0) is 24.6 Å². The zero-order valence-corrected chi connectivity index (χ0v) is 16.2. The Balaban J connectivity index is 1.46. The molecule has 0 radical (unpaired) electrons. The Morgan fingerprint density at radius 3 is 2.59 bits per heavy atom. The van der Waals surface area contributed by atoms with E-state index in [1.807, 2.05) is 18.3 Å². The highest BCUT2D eigenvalue weighted by molar-refractivity contribution is 7.11.